The quantitative estimate of drug-likeness (QED) is 0.116. The molecular weight excluding hydrogens is 656 g/mol. The first-order chi connectivity index (χ1) is 24.4. The minimum atomic E-state index is -1.24. The van der Waals surface area contributed by atoms with Gasteiger partial charge >= 0.3 is 5.97 Å². The van der Waals surface area contributed by atoms with Gasteiger partial charge in [-0.3, -0.25) is 33.6 Å². The maximum absolute atomic E-state index is 13.3. The topological polar surface area (TPSA) is 212 Å². The van der Waals surface area contributed by atoms with Gasteiger partial charge in [-0.15, -0.1) is 0 Å². The lowest BCUT2D eigenvalue weighted by molar-refractivity contribution is -0.139. The smallest absolute Gasteiger partial charge is 0.322 e. The normalized spacial score (nSPS) is 15.9. The zero-order chi connectivity index (χ0) is 36.9. The molecule has 1 aliphatic rings. The van der Waals surface area contributed by atoms with Crippen LogP contribution in [-0.2, 0) is 40.0 Å². The molecule has 3 aromatic carbocycles. The standard InChI is InChI=1S/C37H42N6O8/c1-22-8-14-27(15-9-22)42-36(50)29-17-16-28(29)35(49)41-23(2)34(48)43-30(18-24-10-12-26(13-11-24)25-6-4-3-5-7-25)37(51)40-20-32(45)38-19-31(44)39-21-33(46)47/h3-15,23,28-30H,16-21H2,1-2H3,(H,38,45)(H,39,44)(H,40,51)(H,41,49)(H,42,50)(H,43,48)(H,46,47)/t23?,28-,29+,30+/m0/s1. The van der Waals surface area contributed by atoms with Gasteiger partial charge < -0.3 is 37.0 Å². The van der Waals surface area contributed by atoms with Crippen LogP contribution in [0.4, 0.5) is 5.69 Å². The van der Waals surface area contributed by atoms with E-state index in [9.17, 15) is 33.6 Å². The number of carbonyl (C=O) groups is 7. The van der Waals surface area contributed by atoms with Crippen molar-refractivity contribution in [2.24, 2.45) is 11.8 Å². The largest absolute Gasteiger partial charge is 0.480 e. The SMILES string of the molecule is Cc1ccc(NC(=O)[C@@H]2CC[C@@H]2C(=O)NC(C)C(=O)N[C@H](Cc2ccc(-c3ccccc3)cc2)C(=O)NCC(=O)NCC(=O)NCC(=O)O)cc1. The number of aliphatic carboxylic acids is 1. The van der Waals surface area contributed by atoms with Gasteiger partial charge in [-0.25, -0.2) is 0 Å². The predicted octanol–water partition coefficient (Wildman–Crippen LogP) is 1.29. The molecule has 14 heteroatoms. The Balaban J connectivity index is 1.36. The molecule has 0 radical (unpaired) electrons. The average molecular weight is 699 g/mol. The molecule has 268 valence electrons. The third-order valence-electron chi connectivity index (χ3n) is 8.46. The molecule has 0 spiro atoms. The Labute approximate surface area is 295 Å². The number of rotatable bonds is 16. The van der Waals surface area contributed by atoms with Crippen LogP contribution in [0, 0.1) is 18.8 Å². The summed E-state index contributed by atoms with van der Waals surface area (Å²) in [5.74, 6) is -5.91. The number of anilines is 1. The number of aryl methyl sites for hydroxylation is 1. The van der Waals surface area contributed by atoms with Crippen LogP contribution in [0.25, 0.3) is 11.1 Å². The van der Waals surface area contributed by atoms with Gasteiger partial charge in [0.05, 0.1) is 13.1 Å². The number of carboxylic acid groups (broad SMARTS) is 1. The van der Waals surface area contributed by atoms with E-state index in [1.54, 1.807) is 12.1 Å². The van der Waals surface area contributed by atoms with E-state index in [4.69, 9.17) is 5.11 Å². The number of carboxylic acids is 1. The van der Waals surface area contributed by atoms with Crippen molar-refractivity contribution in [1.82, 2.24) is 26.6 Å². The number of hydrogen-bond acceptors (Lipinski definition) is 7. The van der Waals surface area contributed by atoms with Crippen LogP contribution in [0.2, 0.25) is 0 Å². The molecule has 51 heavy (non-hydrogen) atoms. The Hall–Kier alpha value is -6.05. The van der Waals surface area contributed by atoms with Crippen LogP contribution >= 0.6 is 0 Å². The lowest BCUT2D eigenvalue weighted by Crippen LogP contribution is -2.56. The van der Waals surface area contributed by atoms with E-state index in [1.807, 2.05) is 73.7 Å². The molecule has 0 heterocycles. The van der Waals surface area contributed by atoms with Gasteiger partial charge in [0, 0.05) is 23.9 Å². The van der Waals surface area contributed by atoms with Crippen molar-refractivity contribution in [3.63, 3.8) is 0 Å². The fraction of sp³-hybridized carbons (Fsp3) is 0.324. The summed E-state index contributed by atoms with van der Waals surface area (Å²) < 4.78 is 0. The van der Waals surface area contributed by atoms with Gasteiger partial charge in [0.15, 0.2) is 0 Å². The summed E-state index contributed by atoms with van der Waals surface area (Å²) in [5.41, 5.74) is 4.33. The highest BCUT2D eigenvalue weighted by Gasteiger charge is 2.42. The summed E-state index contributed by atoms with van der Waals surface area (Å²) in [6.45, 7) is 1.78. The van der Waals surface area contributed by atoms with Crippen molar-refractivity contribution >= 4 is 47.1 Å². The molecular formula is C37H42N6O8. The third kappa shape index (κ3) is 11.5. The molecule has 1 unspecified atom stereocenters. The van der Waals surface area contributed by atoms with E-state index < -0.39 is 79.1 Å². The van der Waals surface area contributed by atoms with Crippen LogP contribution in [0.3, 0.4) is 0 Å². The van der Waals surface area contributed by atoms with E-state index >= 15 is 0 Å². The summed E-state index contributed by atoms with van der Waals surface area (Å²) in [7, 11) is 0. The summed E-state index contributed by atoms with van der Waals surface area (Å²) in [5, 5.41) is 23.7. The van der Waals surface area contributed by atoms with Crippen molar-refractivity contribution in [2.45, 2.75) is 45.2 Å². The highest BCUT2D eigenvalue weighted by Crippen LogP contribution is 2.35. The van der Waals surface area contributed by atoms with Crippen molar-refractivity contribution in [1.29, 1.82) is 0 Å². The van der Waals surface area contributed by atoms with E-state index in [2.05, 4.69) is 31.9 Å². The molecule has 0 aliphatic heterocycles. The van der Waals surface area contributed by atoms with Crippen molar-refractivity contribution in [3.8, 4) is 11.1 Å². The molecule has 0 saturated heterocycles. The molecule has 3 aromatic rings. The van der Waals surface area contributed by atoms with Crippen LogP contribution in [-0.4, -0.2) is 78.2 Å². The minimum Gasteiger partial charge on any atom is -0.480 e. The molecule has 1 aliphatic carbocycles. The number of amides is 6. The molecule has 0 aromatic heterocycles. The van der Waals surface area contributed by atoms with Gasteiger partial charge in [0.2, 0.25) is 35.4 Å². The Kier molecular flexibility index (Phi) is 13.4. The first-order valence-corrected chi connectivity index (χ1v) is 16.5. The van der Waals surface area contributed by atoms with Crippen LogP contribution < -0.4 is 31.9 Å². The number of benzene rings is 3. The third-order valence-corrected chi connectivity index (χ3v) is 8.46. The second-order valence-corrected chi connectivity index (χ2v) is 12.4. The molecule has 14 nitrogen and oxygen atoms in total. The second-order valence-electron chi connectivity index (χ2n) is 12.4. The van der Waals surface area contributed by atoms with Gasteiger partial charge in [-0.2, -0.15) is 0 Å². The summed E-state index contributed by atoms with van der Waals surface area (Å²) in [6, 6.07) is 22.2. The molecule has 4 atom stereocenters. The summed E-state index contributed by atoms with van der Waals surface area (Å²) >= 11 is 0. The lowest BCUT2D eigenvalue weighted by atomic mass is 9.72. The zero-order valence-electron chi connectivity index (χ0n) is 28.4. The first kappa shape index (κ1) is 37.8. The molecule has 4 rings (SSSR count). The Morgan fingerprint density at radius 1 is 0.667 bits per heavy atom. The maximum atomic E-state index is 13.3. The Bertz CT molecular complexity index is 1730. The Morgan fingerprint density at radius 2 is 1.24 bits per heavy atom. The first-order valence-electron chi connectivity index (χ1n) is 16.5. The number of hydrogen-bond donors (Lipinski definition) is 7. The highest BCUT2D eigenvalue weighted by atomic mass is 16.4. The maximum Gasteiger partial charge on any atom is 0.322 e. The fourth-order valence-corrected chi connectivity index (χ4v) is 5.36. The van der Waals surface area contributed by atoms with Crippen molar-refractivity contribution in [2.75, 3.05) is 25.0 Å². The van der Waals surface area contributed by atoms with Crippen LogP contribution in [0.5, 0.6) is 0 Å². The lowest BCUT2D eigenvalue weighted by Gasteiger charge is -2.35. The van der Waals surface area contributed by atoms with Gasteiger partial charge in [0.25, 0.3) is 0 Å². The number of nitrogens with one attached hydrogen (secondary N) is 6. The molecule has 0 bridgehead atoms. The fourth-order valence-electron chi connectivity index (χ4n) is 5.36. The minimum absolute atomic E-state index is 0.0520. The van der Waals surface area contributed by atoms with E-state index in [-0.39, 0.29) is 12.3 Å². The summed E-state index contributed by atoms with van der Waals surface area (Å²) in [4.78, 5) is 87.2. The molecule has 7 N–H and O–H groups in total. The highest BCUT2D eigenvalue weighted by molar-refractivity contribution is 5.98. The molecule has 1 fully saturated rings. The van der Waals surface area contributed by atoms with Crippen LogP contribution in [0.15, 0.2) is 78.9 Å². The Morgan fingerprint density at radius 3 is 1.84 bits per heavy atom. The van der Waals surface area contributed by atoms with Gasteiger partial charge in [0.1, 0.15) is 18.6 Å². The van der Waals surface area contributed by atoms with E-state index in [0.717, 1.165) is 16.7 Å². The van der Waals surface area contributed by atoms with Gasteiger partial charge in [-0.1, -0.05) is 72.3 Å². The molecule has 6 amide bonds. The molecule has 1 saturated carbocycles. The second kappa shape index (κ2) is 18.1. The summed E-state index contributed by atoms with van der Waals surface area (Å²) in [6.07, 6.45) is 1.07. The van der Waals surface area contributed by atoms with Gasteiger partial charge in [-0.05, 0) is 55.5 Å². The van der Waals surface area contributed by atoms with Crippen LogP contribution in [0.1, 0.15) is 30.9 Å². The monoisotopic (exact) mass is 698 g/mol. The van der Waals surface area contributed by atoms with E-state index in [0.29, 0.717) is 24.1 Å². The van der Waals surface area contributed by atoms with Crippen molar-refractivity contribution in [3.05, 3.63) is 90.0 Å². The predicted molar refractivity (Wildman–Crippen MR) is 188 cm³/mol. The van der Waals surface area contributed by atoms with E-state index in [1.165, 1.54) is 6.92 Å². The number of carbonyl (C=O) groups excluding carboxylic acids is 6. The van der Waals surface area contributed by atoms with Crippen molar-refractivity contribution < 1.29 is 38.7 Å². The zero-order valence-corrected chi connectivity index (χ0v) is 28.4. The average Bonchev–Trinajstić information content (AvgIpc) is 3.09.